The molecular formula is C25H30FN5O. The van der Waals surface area contributed by atoms with Gasteiger partial charge in [-0.3, -0.25) is 15.6 Å². The van der Waals surface area contributed by atoms with E-state index in [4.69, 9.17) is 0 Å². The fraction of sp³-hybridized carbons (Fsp3) is 0.360. The number of hydrazine groups is 1. The van der Waals surface area contributed by atoms with Crippen LogP contribution in [-0.4, -0.2) is 40.2 Å². The number of hydrogen-bond acceptors (Lipinski definition) is 4. The Morgan fingerprint density at radius 3 is 2.59 bits per heavy atom. The molecule has 0 aliphatic carbocycles. The Hall–Kier alpha value is -3.03. The van der Waals surface area contributed by atoms with E-state index in [1.54, 1.807) is 15.8 Å². The van der Waals surface area contributed by atoms with Crippen molar-refractivity contribution in [2.75, 3.05) is 13.6 Å². The highest BCUT2D eigenvalue weighted by Crippen LogP contribution is 2.24. The molecule has 1 aromatic heterocycles. The van der Waals surface area contributed by atoms with Gasteiger partial charge in [0.05, 0.1) is 5.69 Å². The Labute approximate surface area is 188 Å². The molecule has 1 fully saturated rings. The summed E-state index contributed by atoms with van der Waals surface area (Å²) in [6.07, 6.45) is 8.86. The molecule has 168 valence electrons. The first kappa shape index (κ1) is 22.2. The quantitative estimate of drug-likeness (QED) is 0.493. The van der Waals surface area contributed by atoms with E-state index in [1.807, 2.05) is 55.7 Å². The minimum Gasteiger partial charge on any atom is -0.342 e. The molecule has 2 aromatic carbocycles. The molecule has 0 saturated carbocycles. The monoisotopic (exact) mass is 435 g/mol. The topological polar surface area (TPSA) is 62.2 Å². The van der Waals surface area contributed by atoms with Gasteiger partial charge in [-0.05, 0) is 67.3 Å². The van der Waals surface area contributed by atoms with Crippen LogP contribution in [0.3, 0.4) is 0 Å². The summed E-state index contributed by atoms with van der Waals surface area (Å²) in [5.74, 6) is -0.160. The van der Waals surface area contributed by atoms with Crippen molar-refractivity contribution < 1.29 is 9.18 Å². The van der Waals surface area contributed by atoms with E-state index in [-0.39, 0.29) is 17.8 Å². The Kier molecular flexibility index (Phi) is 7.29. The predicted molar refractivity (Wildman–Crippen MR) is 123 cm³/mol. The Bertz CT molecular complexity index is 988. The average molecular weight is 436 g/mol. The lowest BCUT2D eigenvalue weighted by Gasteiger charge is -2.17. The number of hydrogen-bond donors (Lipinski definition) is 2. The number of halogens is 1. The van der Waals surface area contributed by atoms with Crippen LogP contribution in [0.5, 0.6) is 0 Å². The number of carbonyl (C=O) groups is 1. The standard InChI is InChI=1S/C25H30FN5O/c1-30(25(32)20-9-13-23(14-10-20)31-17-5-15-27-31)16-4-2-3-6-22-18-24(29-28-22)19-7-11-21(26)12-8-19/h5,7-15,17,22,24,28-29H,2-4,6,16,18H2,1H3. The molecule has 0 radical (unpaired) electrons. The molecule has 32 heavy (non-hydrogen) atoms. The van der Waals surface area contributed by atoms with Crippen LogP contribution in [0.4, 0.5) is 4.39 Å². The molecular weight excluding hydrogens is 405 g/mol. The molecule has 2 atom stereocenters. The van der Waals surface area contributed by atoms with Crippen LogP contribution in [0.15, 0.2) is 67.0 Å². The molecule has 1 aliphatic rings. The van der Waals surface area contributed by atoms with E-state index < -0.39 is 0 Å². The number of unbranched alkanes of at least 4 members (excludes halogenated alkanes) is 2. The van der Waals surface area contributed by atoms with Gasteiger partial charge >= 0.3 is 0 Å². The number of nitrogens with zero attached hydrogens (tertiary/aromatic N) is 3. The second kappa shape index (κ2) is 10.5. The second-order valence-corrected chi connectivity index (χ2v) is 8.40. The van der Waals surface area contributed by atoms with Gasteiger partial charge in [-0.1, -0.05) is 25.0 Å². The summed E-state index contributed by atoms with van der Waals surface area (Å²) in [4.78, 5) is 14.5. The van der Waals surface area contributed by atoms with Gasteiger partial charge < -0.3 is 4.90 Å². The summed E-state index contributed by atoms with van der Waals surface area (Å²) >= 11 is 0. The van der Waals surface area contributed by atoms with E-state index in [2.05, 4.69) is 16.0 Å². The molecule has 6 nitrogen and oxygen atoms in total. The van der Waals surface area contributed by atoms with Gasteiger partial charge in [0.25, 0.3) is 5.91 Å². The van der Waals surface area contributed by atoms with Crippen LogP contribution in [0.2, 0.25) is 0 Å². The van der Waals surface area contributed by atoms with Gasteiger partial charge in [0.2, 0.25) is 0 Å². The summed E-state index contributed by atoms with van der Waals surface area (Å²) in [6.45, 7) is 0.744. The SMILES string of the molecule is CN(CCCCCC1CC(c2ccc(F)cc2)NN1)C(=O)c1ccc(-n2cccn2)cc1. The van der Waals surface area contributed by atoms with Crippen molar-refractivity contribution in [1.29, 1.82) is 0 Å². The number of aromatic nitrogens is 2. The minimum atomic E-state index is -0.203. The molecule has 7 heteroatoms. The maximum absolute atomic E-state index is 13.1. The lowest BCUT2D eigenvalue weighted by atomic mass is 9.99. The molecule has 0 spiro atoms. The van der Waals surface area contributed by atoms with Gasteiger partial charge in [0, 0.05) is 43.6 Å². The molecule has 0 bridgehead atoms. The van der Waals surface area contributed by atoms with E-state index in [0.717, 1.165) is 49.9 Å². The molecule has 1 amide bonds. The summed E-state index contributed by atoms with van der Waals surface area (Å²) in [5, 5.41) is 4.20. The third-order valence-corrected chi connectivity index (χ3v) is 6.03. The van der Waals surface area contributed by atoms with E-state index >= 15 is 0 Å². The van der Waals surface area contributed by atoms with Gasteiger partial charge in [-0.25, -0.2) is 9.07 Å². The lowest BCUT2D eigenvalue weighted by Crippen LogP contribution is -2.30. The highest BCUT2D eigenvalue weighted by molar-refractivity contribution is 5.94. The van der Waals surface area contributed by atoms with Crippen LogP contribution in [0.25, 0.3) is 5.69 Å². The number of nitrogens with one attached hydrogen (secondary N) is 2. The van der Waals surface area contributed by atoms with Crippen LogP contribution in [0, 0.1) is 5.82 Å². The highest BCUT2D eigenvalue weighted by Gasteiger charge is 2.24. The smallest absolute Gasteiger partial charge is 0.253 e. The Morgan fingerprint density at radius 1 is 1.09 bits per heavy atom. The van der Waals surface area contributed by atoms with E-state index in [1.165, 1.54) is 12.1 Å². The zero-order valence-corrected chi connectivity index (χ0v) is 18.4. The first-order valence-corrected chi connectivity index (χ1v) is 11.2. The van der Waals surface area contributed by atoms with Crippen molar-refractivity contribution >= 4 is 5.91 Å². The first-order chi connectivity index (χ1) is 15.6. The fourth-order valence-corrected chi connectivity index (χ4v) is 4.14. The minimum absolute atomic E-state index is 0.0424. The van der Waals surface area contributed by atoms with Crippen LogP contribution in [-0.2, 0) is 0 Å². The number of carbonyl (C=O) groups excluding carboxylic acids is 1. The molecule has 2 heterocycles. The van der Waals surface area contributed by atoms with Gasteiger partial charge in [-0.15, -0.1) is 0 Å². The fourth-order valence-electron chi connectivity index (χ4n) is 4.14. The lowest BCUT2D eigenvalue weighted by molar-refractivity contribution is 0.0792. The van der Waals surface area contributed by atoms with Crippen LogP contribution < -0.4 is 10.9 Å². The van der Waals surface area contributed by atoms with Crippen molar-refractivity contribution in [2.24, 2.45) is 0 Å². The summed E-state index contributed by atoms with van der Waals surface area (Å²) in [6, 6.07) is 16.7. The number of benzene rings is 2. The first-order valence-electron chi connectivity index (χ1n) is 11.2. The van der Waals surface area contributed by atoms with Crippen molar-refractivity contribution in [3.05, 3.63) is 83.9 Å². The third kappa shape index (κ3) is 5.60. The zero-order chi connectivity index (χ0) is 22.3. The molecule has 1 aliphatic heterocycles. The van der Waals surface area contributed by atoms with Crippen molar-refractivity contribution in [3.8, 4) is 5.69 Å². The molecule has 1 saturated heterocycles. The van der Waals surface area contributed by atoms with Crippen molar-refractivity contribution in [1.82, 2.24) is 25.5 Å². The Morgan fingerprint density at radius 2 is 1.88 bits per heavy atom. The number of rotatable bonds is 9. The highest BCUT2D eigenvalue weighted by atomic mass is 19.1. The summed E-state index contributed by atoms with van der Waals surface area (Å²) in [7, 11) is 1.86. The Balaban J connectivity index is 1.14. The number of amides is 1. The molecule has 4 rings (SSSR count). The largest absolute Gasteiger partial charge is 0.342 e. The predicted octanol–water partition coefficient (Wildman–Crippen LogP) is 4.25. The normalized spacial score (nSPS) is 18.1. The van der Waals surface area contributed by atoms with E-state index in [0.29, 0.717) is 11.6 Å². The molecule has 3 aromatic rings. The van der Waals surface area contributed by atoms with E-state index in [9.17, 15) is 9.18 Å². The van der Waals surface area contributed by atoms with Crippen molar-refractivity contribution in [3.63, 3.8) is 0 Å². The van der Waals surface area contributed by atoms with Gasteiger partial charge in [0.15, 0.2) is 0 Å². The zero-order valence-electron chi connectivity index (χ0n) is 18.4. The van der Waals surface area contributed by atoms with Crippen molar-refractivity contribution in [2.45, 2.75) is 44.2 Å². The van der Waals surface area contributed by atoms with Crippen LogP contribution >= 0.6 is 0 Å². The van der Waals surface area contributed by atoms with Gasteiger partial charge in [-0.2, -0.15) is 5.10 Å². The van der Waals surface area contributed by atoms with Crippen LogP contribution in [0.1, 0.15) is 54.1 Å². The maximum Gasteiger partial charge on any atom is 0.253 e. The summed E-state index contributed by atoms with van der Waals surface area (Å²) in [5.41, 5.74) is 9.41. The molecule has 2 N–H and O–H groups in total. The second-order valence-electron chi connectivity index (χ2n) is 8.40. The third-order valence-electron chi connectivity index (χ3n) is 6.03. The molecule has 2 unspecified atom stereocenters. The summed E-state index contributed by atoms with van der Waals surface area (Å²) < 4.78 is 14.9. The average Bonchev–Trinajstić information content (AvgIpc) is 3.51. The maximum atomic E-state index is 13.1. The van der Waals surface area contributed by atoms with Gasteiger partial charge in [0.1, 0.15) is 5.82 Å².